The van der Waals surface area contributed by atoms with Gasteiger partial charge in [0.25, 0.3) is 0 Å². The van der Waals surface area contributed by atoms with E-state index in [2.05, 4.69) is 26.6 Å². The first-order valence-corrected chi connectivity index (χ1v) is 8.95. The van der Waals surface area contributed by atoms with E-state index in [1.807, 2.05) is 6.07 Å². The van der Waals surface area contributed by atoms with Crippen LogP contribution in [-0.2, 0) is 9.53 Å². The van der Waals surface area contributed by atoms with Gasteiger partial charge in [-0.3, -0.25) is 0 Å². The summed E-state index contributed by atoms with van der Waals surface area (Å²) in [6, 6.07) is 4.92. The molecular formula is C17H18BrN3O4S. The van der Waals surface area contributed by atoms with Crippen molar-refractivity contribution in [1.29, 1.82) is 5.26 Å². The lowest BCUT2D eigenvalue weighted by molar-refractivity contribution is -0.139. The van der Waals surface area contributed by atoms with Crippen LogP contribution in [0.15, 0.2) is 27.9 Å². The smallest absolute Gasteiger partial charge is 0.338 e. The van der Waals surface area contributed by atoms with Crippen molar-refractivity contribution in [2.24, 2.45) is 0 Å². The Kier molecular flexibility index (Phi) is 6.83. The van der Waals surface area contributed by atoms with Gasteiger partial charge in [-0.1, -0.05) is 0 Å². The molecule has 1 aromatic carbocycles. The summed E-state index contributed by atoms with van der Waals surface area (Å²) in [5, 5.41) is 15.2. The molecule has 0 bridgehead atoms. The second-order valence-corrected chi connectivity index (χ2v) is 6.53. The van der Waals surface area contributed by atoms with E-state index in [9.17, 15) is 4.79 Å². The molecular weight excluding hydrogens is 422 g/mol. The van der Waals surface area contributed by atoms with Gasteiger partial charge in [0.05, 0.1) is 29.8 Å². The highest BCUT2D eigenvalue weighted by molar-refractivity contribution is 9.10. The summed E-state index contributed by atoms with van der Waals surface area (Å²) >= 11 is 8.66. The van der Waals surface area contributed by atoms with Crippen molar-refractivity contribution >= 4 is 39.2 Å². The maximum absolute atomic E-state index is 12.4. The third-order valence-electron chi connectivity index (χ3n) is 3.63. The van der Waals surface area contributed by atoms with Crippen LogP contribution in [0.1, 0.15) is 25.5 Å². The molecule has 1 aliphatic heterocycles. The summed E-state index contributed by atoms with van der Waals surface area (Å²) in [6.07, 6.45) is 0. The van der Waals surface area contributed by atoms with Gasteiger partial charge in [0.2, 0.25) is 0 Å². The molecule has 26 heavy (non-hydrogen) atoms. The van der Waals surface area contributed by atoms with Crippen LogP contribution >= 0.6 is 28.1 Å². The normalized spacial score (nSPS) is 16.3. The van der Waals surface area contributed by atoms with Gasteiger partial charge in [-0.05, 0) is 59.7 Å². The van der Waals surface area contributed by atoms with E-state index in [1.165, 1.54) is 7.11 Å². The molecule has 0 spiro atoms. The van der Waals surface area contributed by atoms with Gasteiger partial charge in [0.1, 0.15) is 6.07 Å². The molecule has 2 N–H and O–H groups in total. The molecule has 0 unspecified atom stereocenters. The average Bonchev–Trinajstić information content (AvgIpc) is 2.59. The molecule has 0 saturated heterocycles. The molecule has 0 fully saturated rings. The molecule has 9 heteroatoms. The number of nitriles is 1. The van der Waals surface area contributed by atoms with Crippen LogP contribution in [0.4, 0.5) is 0 Å². The quantitative estimate of drug-likeness (QED) is 0.516. The van der Waals surface area contributed by atoms with Crippen molar-refractivity contribution in [2.45, 2.75) is 19.9 Å². The minimum absolute atomic E-state index is 0.114. The fourth-order valence-corrected chi connectivity index (χ4v) is 3.42. The van der Waals surface area contributed by atoms with E-state index < -0.39 is 12.0 Å². The zero-order chi connectivity index (χ0) is 19.3. The first-order chi connectivity index (χ1) is 12.4. The largest absolute Gasteiger partial charge is 0.493 e. The van der Waals surface area contributed by atoms with Crippen LogP contribution in [0, 0.1) is 11.3 Å². The molecule has 138 valence electrons. The summed E-state index contributed by atoms with van der Waals surface area (Å²) < 4.78 is 16.6. The number of rotatable bonds is 6. The number of carbonyl (C=O) groups excluding carboxylic acids is 1. The molecule has 2 rings (SSSR count). The number of esters is 1. The Balaban J connectivity index is 2.52. The number of benzene rings is 1. The number of allylic oxidation sites excluding steroid dienone is 1. The third-order valence-corrected chi connectivity index (χ3v) is 4.44. The second-order valence-electron chi connectivity index (χ2n) is 5.27. The fraction of sp³-hybridized carbons (Fsp3) is 0.353. The highest BCUT2D eigenvalue weighted by atomic mass is 79.9. The molecule has 7 nitrogen and oxygen atoms in total. The number of thiocarbonyl (C=S) groups is 1. The molecule has 0 radical (unpaired) electrons. The number of nitrogens with zero attached hydrogens (tertiary/aromatic N) is 1. The minimum Gasteiger partial charge on any atom is -0.493 e. The lowest BCUT2D eigenvalue weighted by Gasteiger charge is -2.30. The highest BCUT2D eigenvalue weighted by Gasteiger charge is 2.32. The zero-order valence-electron chi connectivity index (χ0n) is 14.5. The first kappa shape index (κ1) is 20.0. The number of ether oxygens (including phenoxy) is 3. The van der Waals surface area contributed by atoms with E-state index >= 15 is 0 Å². The fourth-order valence-electron chi connectivity index (χ4n) is 2.57. The van der Waals surface area contributed by atoms with Crippen LogP contribution in [0.25, 0.3) is 0 Å². The summed E-state index contributed by atoms with van der Waals surface area (Å²) in [5.41, 5.74) is 1.78. The van der Waals surface area contributed by atoms with Gasteiger partial charge in [0, 0.05) is 5.70 Å². The van der Waals surface area contributed by atoms with E-state index in [-0.39, 0.29) is 13.2 Å². The van der Waals surface area contributed by atoms with Crippen molar-refractivity contribution in [2.75, 3.05) is 20.3 Å². The Morgan fingerprint density at radius 3 is 2.81 bits per heavy atom. The number of methoxy groups -OCH3 is 1. The van der Waals surface area contributed by atoms with E-state index in [0.717, 1.165) is 5.56 Å². The molecule has 1 heterocycles. The molecule has 0 saturated carbocycles. The molecule has 1 atom stereocenters. The van der Waals surface area contributed by atoms with Crippen LogP contribution in [0.3, 0.4) is 0 Å². The van der Waals surface area contributed by atoms with Crippen molar-refractivity contribution in [3.8, 4) is 17.6 Å². The first-order valence-electron chi connectivity index (χ1n) is 7.75. The number of hydrogen-bond donors (Lipinski definition) is 2. The van der Waals surface area contributed by atoms with E-state index in [0.29, 0.717) is 32.4 Å². The number of halogens is 1. The SMILES string of the molecule is CCOC(=O)C1=C(C)NC(=S)N[C@@H]1c1cc(Br)c(OCC#N)c(OC)c1. The van der Waals surface area contributed by atoms with Gasteiger partial charge < -0.3 is 24.8 Å². The van der Waals surface area contributed by atoms with Crippen LogP contribution in [0.2, 0.25) is 0 Å². The van der Waals surface area contributed by atoms with Crippen molar-refractivity contribution in [3.05, 3.63) is 33.4 Å². The summed E-state index contributed by atoms with van der Waals surface area (Å²) in [5.74, 6) is 0.404. The van der Waals surface area contributed by atoms with E-state index in [4.69, 9.17) is 31.7 Å². The predicted molar refractivity (Wildman–Crippen MR) is 103 cm³/mol. The minimum atomic E-state index is -0.516. The summed E-state index contributed by atoms with van der Waals surface area (Å²) in [6.45, 7) is 3.67. The number of carbonyl (C=O) groups is 1. The maximum Gasteiger partial charge on any atom is 0.338 e. The Morgan fingerprint density at radius 2 is 2.19 bits per heavy atom. The van der Waals surface area contributed by atoms with Crippen LogP contribution in [-0.4, -0.2) is 31.4 Å². The Morgan fingerprint density at radius 1 is 1.46 bits per heavy atom. The summed E-state index contributed by atoms with van der Waals surface area (Å²) in [4.78, 5) is 12.4. The molecule has 1 aliphatic rings. The van der Waals surface area contributed by atoms with Crippen molar-refractivity contribution in [1.82, 2.24) is 10.6 Å². The van der Waals surface area contributed by atoms with Gasteiger partial charge in [-0.15, -0.1) is 0 Å². The Hall–Kier alpha value is -2.31. The Labute approximate surface area is 165 Å². The third kappa shape index (κ3) is 4.26. The molecule has 0 aliphatic carbocycles. The number of hydrogen-bond acceptors (Lipinski definition) is 6. The van der Waals surface area contributed by atoms with Crippen LogP contribution < -0.4 is 20.1 Å². The van der Waals surface area contributed by atoms with Crippen molar-refractivity contribution < 1.29 is 19.0 Å². The van der Waals surface area contributed by atoms with Gasteiger partial charge in [-0.2, -0.15) is 5.26 Å². The topological polar surface area (TPSA) is 92.6 Å². The molecule has 1 aromatic rings. The maximum atomic E-state index is 12.4. The molecule has 0 aromatic heterocycles. The van der Waals surface area contributed by atoms with Crippen LogP contribution in [0.5, 0.6) is 11.5 Å². The van der Waals surface area contributed by atoms with Gasteiger partial charge in [0.15, 0.2) is 23.2 Å². The van der Waals surface area contributed by atoms with Crippen molar-refractivity contribution in [3.63, 3.8) is 0 Å². The lowest BCUT2D eigenvalue weighted by atomic mass is 9.95. The second kappa shape index (κ2) is 8.87. The standard InChI is InChI=1S/C17H18BrN3O4S/c1-4-24-16(22)13-9(2)20-17(26)21-14(13)10-7-11(18)15(25-6-5-19)12(8-10)23-3/h7-8,14H,4,6H2,1-3H3,(H2,20,21,26)/t14-/m1/s1. The zero-order valence-corrected chi connectivity index (χ0v) is 16.9. The predicted octanol–water partition coefficient (Wildman–Crippen LogP) is 2.72. The van der Waals surface area contributed by atoms with Gasteiger partial charge >= 0.3 is 5.97 Å². The Bertz CT molecular complexity index is 804. The monoisotopic (exact) mass is 439 g/mol. The summed E-state index contributed by atoms with van der Waals surface area (Å²) in [7, 11) is 1.50. The van der Waals surface area contributed by atoms with Gasteiger partial charge in [-0.25, -0.2) is 4.79 Å². The number of nitrogens with one attached hydrogen (secondary N) is 2. The molecule has 0 amide bonds. The highest BCUT2D eigenvalue weighted by Crippen LogP contribution is 2.40. The lowest BCUT2D eigenvalue weighted by Crippen LogP contribution is -2.45. The van der Waals surface area contributed by atoms with E-state index in [1.54, 1.807) is 26.0 Å². The average molecular weight is 440 g/mol.